The first-order valence-corrected chi connectivity index (χ1v) is 11.1. The lowest BCUT2D eigenvalue weighted by molar-refractivity contribution is 0.135. The van der Waals surface area contributed by atoms with E-state index in [0.29, 0.717) is 17.6 Å². The van der Waals surface area contributed by atoms with E-state index in [4.69, 9.17) is 14.2 Å². The zero-order valence-electron chi connectivity index (χ0n) is 18.7. The molecule has 33 heavy (non-hydrogen) atoms. The Hall–Kier alpha value is -3.65. The summed E-state index contributed by atoms with van der Waals surface area (Å²) < 4.78 is 11.1. The fourth-order valence-corrected chi connectivity index (χ4v) is 4.75. The second-order valence-electron chi connectivity index (χ2n) is 8.18. The first-order valence-electron chi connectivity index (χ1n) is 11.1. The van der Waals surface area contributed by atoms with Crippen LogP contribution in [0, 0.1) is 6.92 Å². The molecule has 4 aromatic rings. The highest BCUT2D eigenvalue weighted by Crippen LogP contribution is 2.46. The van der Waals surface area contributed by atoms with Crippen molar-refractivity contribution in [3.8, 4) is 5.88 Å². The SMILES string of the molecule is COc1cccc(C(C(c2cccnc2)c2cccnc2)N2CCCC2c2nc(C)no2)n1. The summed E-state index contributed by atoms with van der Waals surface area (Å²) in [5, 5.41) is 4.05. The number of aryl methyl sites for hydroxylation is 1. The van der Waals surface area contributed by atoms with Crippen molar-refractivity contribution in [2.24, 2.45) is 0 Å². The molecule has 4 aromatic heterocycles. The largest absolute Gasteiger partial charge is 0.481 e. The van der Waals surface area contributed by atoms with Crippen LogP contribution in [0.2, 0.25) is 0 Å². The van der Waals surface area contributed by atoms with E-state index in [1.54, 1.807) is 19.5 Å². The Morgan fingerprint density at radius 1 is 1.00 bits per heavy atom. The fraction of sp³-hybridized carbons (Fsp3) is 0.320. The van der Waals surface area contributed by atoms with Crippen molar-refractivity contribution < 1.29 is 9.26 Å². The van der Waals surface area contributed by atoms with Gasteiger partial charge in [-0.3, -0.25) is 14.9 Å². The highest BCUT2D eigenvalue weighted by atomic mass is 16.5. The molecule has 0 spiro atoms. The van der Waals surface area contributed by atoms with Crippen molar-refractivity contribution in [2.45, 2.75) is 37.8 Å². The molecule has 1 aliphatic rings. The summed E-state index contributed by atoms with van der Waals surface area (Å²) in [6.07, 6.45) is 9.40. The number of pyridine rings is 3. The van der Waals surface area contributed by atoms with Gasteiger partial charge >= 0.3 is 0 Å². The number of methoxy groups -OCH3 is 1. The number of rotatable bonds is 7. The van der Waals surface area contributed by atoms with Gasteiger partial charge in [-0.05, 0) is 55.6 Å². The fourth-order valence-electron chi connectivity index (χ4n) is 4.75. The van der Waals surface area contributed by atoms with E-state index in [9.17, 15) is 0 Å². The van der Waals surface area contributed by atoms with E-state index in [2.05, 4.69) is 43.2 Å². The second-order valence-corrected chi connectivity index (χ2v) is 8.18. The lowest BCUT2D eigenvalue weighted by Gasteiger charge is -2.37. The van der Waals surface area contributed by atoms with Crippen LogP contribution in [0.1, 0.15) is 59.4 Å². The molecule has 168 valence electrons. The number of nitrogens with zero attached hydrogens (tertiary/aromatic N) is 6. The van der Waals surface area contributed by atoms with E-state index in [1.165, 1.54) is 0 Å². The maximum absolute atomic E-state index is 5.63. The topological polar surface area (TPSA) is 90.1 Å². The highest BCUT2D eigenvalue weighted by molar-refractivity contribution is 5.35. The number of hydrogen-bond acceptors (Lipinski definition) is 8. The summed E-state index contributed by atoms with van der Waals surface area (Å²) in [5.41, 5.74) is 3.09. The van der Waals surface area contributed by atoms with E-state index < -0.39 is 0 Å². The van der Waals surface area contributed by atoms with Gasteiger partial charge in [0.25, 0.3) is 0 Å². The molecule has 0 bridgehead atoms. The summed E-state index contributed by atoms with van der Waals surface area (Å²) in [6.45, 7) is 2.73. The molecule has 1 fully saturated rings. The van der Waals surface area contributed by atoms with Gasteiger partial charge in [-0.1, -0.05) is 23.4 Å². The minimum atomic E-state index is -0.117. The molecule has 2 unspecified atom stereocenters. The third-order valence-corrected chi connectivity index (χ3v) is 6.14. The molecule has 0 amide bonds. The molecule has 0 radical (unpaired) electrons. The van der Waals surface area contributed by atoms with Crippen LogP contribution in [0.15, 0.2) is 71.8 Å². The van der Waals surface area contributed by atoms with Crippen LogP contribution in [0.3, 0.4) is 0 Å². The summed E-state index contributed by atoms with van der Waals surface area (Å²) in [5.74, 6) is 1.81. The average Bonchev–Trinajstić information content (AvgIpc) is 3.52. The van der Waals surface area contributed by atoms with E-state index in [-0.39, 0.29) is 18.0 Å². The lowest BCUT2D eigenvalue weighted by Crippen LogP contribution is -2.34. The van der Waals surface area contributed by atoms with E-state index in [0.717, 1.165) is 36.2 Å². The molecule has 5 rings (SSSR count). The Balaban J connectivity index is 1.68. The van der Waals surface area contributed by atoms with Gasteiger partial charge in [-0.15, -0.1) is 0 Å². The van der Waals surface area contributed by atoms with Gasteiger partial charge in [-0.25, -0.2) is 4.98 Å². The molecular formula is C25H26N6O2. The van der Waals surface area contributed by atoms with Crippen molar-refractivity contribution in [2.75, 3.05) is 13.7 Å². The monoisotopic (exact) mass is 442 g/mol. The Morgan fingerprint density at radius 3 is 2.36 bits per heavy atom. The predicted octanol–water partition coefficient (Wildman–Crippen LogP) is 4.28. The Kier molecular flexibility index (Phi) is 6.08. The summed E-state index contributed by atoms with van der Waals surface area (Å²) >= 11 is 0. The standard InChI is InChI=1S/C25H26N6O2/c1-17-28-25(33-30-17)21-10-6-14-31(21)24(20-9-3-11-22(29-20)32-2)23(18-7-4-12-26-15-18)19-8-5-13-27-16-19/h3-5,7-9,11-13,15-16,21,23-24H,6,10,14H2,1-2H3. The van der Waals surface area contributed by atoms with Crippen LogP contribution >= 0.6 is 0 Å². The van der Waals surface area contributed by atoms with Crippen molar-refractivity contribution >= 4 is 0 Å². The van der Waals surface area contributed by atoms with Crippen molar-refractivity contribution in [1.82, 2.24) is 30.0 Å². The van der Waals surface area contributed by atoms with Gasteiger partial charge in [0.1, 0.15) is 0 Å². The molecule has 8 heteroatoms. The molecule has 0 aromatic carbocycles. The third kappa shape index (κ3) is 4.34. The van der Waals surface area contributed by atoms with Crippen molar-refractivity contribution in [3.63, 3.8) is 0 Å². The van der Waals surface area contributed by atoms with Gasteiger partial charge in [0.05, 0.1) is 24.9 Å². The van der Waals surface area contributed by atoms with Crippen LogP contribution in [-0.4, -0.2) is 43.6 Å². The number of aromatic nitrogens is 5. The zero-order chi connectivity index (χ0) is 22.6. The predicted molar refractivity (Wildman–Crippen MR) is 122 cm³/mol. The van der Waals surface area contributed by atoms with Crippen LogP contribution in [0.5, 0.6) is 5.88 Å². The van der Waals surface area contributed by atoms with Crippen molar-refractivity contribution in [3.05, 3.63) is 95.8 Å². The van der Waals surface area contributed by atoms with E-state index in [1.807, 2.05) is 43.6 Å². The maximum Gasteiger partial charge on any atom is 0.244 e. The van der Waals surface area contributed by atoms with Crippen LogP contribution < -0.4 is 4.74 Å². The average molecular weight is 443 g/mol. The van der Waals surface area contributed by atoms with E-state index >= 15 is 0 Å². The van der Waals surface area contributed by atoms with Gasteiger partial charge in [0, 0.05) is 36.8 Å². The summed E-state index contributed by atoms with van der Waals surface area (Å²) in [4.78, 5) is 20.7. The molecular weight excluding hydrogens is 416 g/mol. The normalized spacial score (nSPS) is 17.4. The quantitative estimate of drug-likeness (QED) is 0.419. The summed E-state index contributed by atoms with van der Waals surface area (Å²) in [6, 6.07) is 14.0. The zero-order valence-corrected chi connectivity index (χ0v) is 18.7. The first kappa shape index (κ1) is 21.2. The van der Waals surface area contributed by atoms with Gasteiger partial charge in [0.2, 0.25) is 11.8 Å². The summed E-state index contributed by atoms with van der Waals surface area (Å²) in [7, 11) is 1.64. The third-order valence-electron chi connectivity index (χ3n) is 6.14. The van der Waals surface area contributed by atoms with Crippen molar-refractivity contribution in [1.29, 1.82) is 0 Å². The van der Waals surface area contributed by atoms with Gasteiger partial charge in [0.15, 0.2) is 5.82 Å². The van der Waals surface area contributed by atoms with Gasteiger partial charge < -0.3 is 9.26 Å². The number of hydrogen-bond donors (Lipinski definition) is 0. The van der Waals surface area contributed by atoms with Gasteiger partial charge in [-0.2, -0.15) is 4.98 Å². The molecule has 8 nitrogen and oxygen atoms in total. The molecule has 1 aliphatic heterocycles. The molecule has 5 heterocycles. The Bertz CT molecular complexity index is 1140. The number of ether oxygens (including phenoxy) is 1. The Morgan fingerprint density at radius 2 is 1.76 bits per heavy atom. The molecule has 0 aliphatic carbocycles. The molecule has 0 N–H and O–H groups in total. The molecule has 1 saturated heterocycles. The second kappa shape index (κ2) is 9.46. The van der Waals surface area contributed by atoms with Crippen LogP contribution in [-0.2, 0) is 0 Å². The highest BCUT2D eigenvalue weighted by Gasteiger charge is 2.41. The van der Waals surface area contributed by atoms with Crippen LogP contribution in [0.4, 0.5) is 0 Å². The molecule has 0 saturated carbocycles. The lowest BCUT2D eigenvalue weighted by atomic mass is 9.83. The number of likely N-dealkylation sites (tertiary alicyclic amines) is 1. The minimum absolute atomic E-state index is 0.0000406. The first-order chi connectivity index (χ1) is 16.2. The molecule has 2 atom stereocenters. The maximum atomic E-state index is 5.63. The Labute approximate surface area is 192 Å². The minimum Gasteiger partial charge on any atom is -0.481 e. The van der Waals surface area contributed by atoms with Crippen LogP contribution in [0.25, 0.3) is 0 Å². The smallest absolute Gasteiger partial charge is 0.244 e.